The number of hydrogen-bond donors (Lipinski definition) is 1. The van der Waals surface area contributed by atoms with Gasteiger partial charge in [0.15, 0.2) is 0 Å². The number of nitrogens with zero attached hydrogens (tertiary/aromatic N) is 1. The predicted molar refractivity (Wildman–Crippen MR) is 89.5 cm³/mol. The van der Waals surface area contributed by atoms with Crippen LogP contribution in [0.3, 0.4) is 0 Å². The largest absolute Gasteiger partial charge is 0.497 e. The number of anilines is 1. The van der Waals surface area contributed by atoms with E-state index in [4.69, 9.17) is 14.2 Å². The van der Waals surface area contributed by atoms with Crippen LogP contribution in [0.4, 0.5) is 5.69 Å². The van der Waals surface area contributed by atoms with E-state index >= 15 is 0 Å². The van der Waals surface area contributed by atoms with Crippen molar-refractivity contribution >= 4 is 17.5 Å². The topological polar surface area (TPSA) is 77.1 Å². The highest BCUT2D eigenvalue weighted by molar-refractivity contribution is 6.01. The smallest absolute Gasteiger partial charge is 0.227 e. The van der Waals surface area contributed by atoms with E-state index in [1.807, 2.05) is 6.92 Å². The third-order valence-corrected chi connectivity index (χ3v) is 3.98. The maximum absolute atomic E-state index is 12.4. The lowest BCUT2D eigenvalue weighted by Gasteiger charge is -2.21. The average Bonchev–Trinajstić information content (AvgIpc) is 2.96. The molecule has 2 atom stereocenters. The van der Waals surface area contributed by atoms with E-state index in [1.54, 1.807) is 44.4 Å². The van der Waals surface area contributed by atoms with Gasteiger partial charge in [-0.05, 0) is 19.1 Å². The van der Waals surface area contributed by atoms with Crippen molar-refractivity contribution in [2.45, 2.75) is 19.4 Å². The molecule has 0 aromatic heterocycles. The summed E-state index contributed by atoms with van der Waals surface area (Å²) in [6.45, 7) is 2.61. The first-order chi connectivity index (χ1) is 11.5. The maximum atomic E-state index is 12.4. The summed E-state index contributed by atoms with van der Waals surface area (Å²) in [5, 5.41) is 2.87. The highest BCUT2D eigenvalue weighted by Gasteiger charge is 2.36. The highest BCUT2D eigenvalue weighted by atomic mass is 16.5. The first-order valence-corrected chi connectivity index (χ1v) is 7.81. The van der Waals surface area contributed by atoms with E-state index in [1.165, 1.54) is 0 Å². The lowest BCUT2D eigenvalue weighted by atomic mass is 10.1. The number of amides is 2. The van der Waals surface area contributed by atoms with Gasteiger partial charge < -0.3 is 24.4 Å². The number of carbonyl (C=O) groups is 2. The van der Waals surface area contributed by atoms with E-state index < -0.39 is 5.92 Å². The van der Waals surface area contributed by atoms with Gasteiger partial charge in [0.25, 0.3) is 0 Å². The maximum Gasteiger partial charge on any atom is 0.227 e. The van der Waals surface area contributed by atoms with Crippen molar-refractivity contribution < 1.29 is 23.8 Å². The number of hydrogen-bond acceptors (Lipinski definition) is 5. The second-order valence-corrected chi connectivity index (χ2v) is 5.81. The van der Waals surface area contributed by atoms with E-state index in [-0.39, 0.29) is 24.3 Å². The van der Waals surface area contributed by atoms with Crippen LogP contribution in [-0.2, 0) is 14.3 Å². The van der Waals surface area contributed by atoms with E-state index in [2.05, 4.69) is 5.32 Å². The zero-order valence-corrected chi connectivity index (χ0v) is 14.5. The second-order valence-electron chi connectivity index (χ2n) is 5.81. The minimum atomic E-state index is -0.396. The molecule has 0 radical (unpaired) electrons. The predicted octanol–water partition coefficient (Wildman–Crippen LogP) is 1.21. The fourth-order valence-corrected chi connectivity index (χ4v) is 2.78. The van der Waals surface area contributed by atoms with Gasteiger partial charge in [-0.3, -0.25) is 9.59 Å². The van der Waals surface area contributed by atoms with Gasteiger partial charge in [0.1, 0.15) is 11.5 Å². The van der Waals surface area contributed by atoms with Gasteiger partial charge in [-0.2, -0.15) is 0 Å². The Bertz CT molecular complexity index is 605. The summed E-state index contributed by atoms with van der Waals surface area (Å²) >= 11 is 0. The molecule has 132 valence electrons. The number of ether oxygens (including phenoxy) is 3. The Morgan fingerprint density at radius 2 is 2.08 bits per heavy atom. The molecule has 0 aliphatic carbocycles. The second kappa shape index (κ2) is 8.01. The minimum Gasteiger partial charge on any atom is -0.497 e. The summed E-state index contributed by atoms with van der Waals surface area (Å²) in [6.07, 6.45) is 0.173. The normalized spacial score (nSPS) is 18.4. The third kappa shape index (κ3) is 3.97. The molecule has 1 aliphatic heterocycles. The molecule has 1 saturated heterocycles. The fraction of sp³-hybridized carbons (Fsp3) is 0.529. The molecule has 0 saturated carbocycles. The molecule has 1 aromatic rings. The lowest BCUT2D eigenvalue weighted by Crippen LogP contribution is -2.40. The van der Waals surface area contributed by atoms with E-state index in [9.17, 15) is 9.59 Å². The molecular weight excluding hydrogens is 312 g/mol. The van der Waals surface area contributed by atoms with Crippen LogP contribution < -0.4 is 19.7 Å². The van der Waals surface area contributed by atoms with Gasteiger partial charge in [0, 0.05) is 32.2 Å². The first-order valence-electron chi connectivity index (χ1n) is 7.81. The van der Waals surface area contributed by atoms with E-state index in [0.29, 0.717) is 30.3 Å². The summed E-state index contributed by atoms with van der Waals surface area (Å²) in [5.41, 5.74) is 0.613. The summed E-state index contributed by atoms with van der Waals surface area (Å²) in [5.74, 6) is 0.546. The Hall–Kier alpha value is -2.28. The van der Waals surface area contributed by atoms with Crippen molar-refractivity contribution in [3.63, 3.8) is 0 Å². The van der Waals surface area contributed by atoms with Crippen molar-refractivity contribution in [2.24, 2.45) is 5.92 Å². The van der Waals surface area contributed by atoms with Crippen LogP contribution in [-0.4, -0.2) is 52.3 Å². The molecular formula is C17H24N2O5. The van der Waals surface area contributed by atoms with Crippen LogP contribution >= 0.6 is 0 Å². The molecule has 1 N–H and O–H groups in total. The number of benzene rings is 1. The van der Waals surface area contributed by atoms with Gasteiger partial charge in [-0.15, -0.1) is 0 Å². The van der Waals surface area contributed by atoms with Gasteiger partial charge in [0.2, 0.25) is 11.8 Å². The zero-order valence-electron chi connectivity index (χ0n) is 14.5. The molecule has 0 unspecified atom stereocenters. The summed E-state index contributed by atoms with van der Waals surface area (Å²) in [7, 11) is 4.69. The molecule has 7 heteroatoms. The van der Waals surface area contributed by atoms with Crippen molar-refractivity contribution in [3.05, 3.63) is 18.2 Å². The Labute approximate surface area is 141 Å². The quantitative estimate of drug-likeness (QED) is 0.810. The van der Waals surface area contributed by atoms with Crippen LogP contribution in [0.15, 0.2) is 18.2 Å². The first kappa shape index (κ1) is 18.1. The van der Waals surface area contributed by atoms with Gasteiger partial charge in [-0.25, -0.2) is 0 Å². The SMILES string of the molecule is COC[C@H](C)NC(=O)[C@@H]1CC(=O)N(c2cc(OC)ccc2OC)C1. The van der Waals surface area contributed by atoms with Crippen LogP contribution in [0.1, 0.15) is 13.3 Å². The number of carbonyl (C=O) groups excluding carboxylic acids is 2. The standard InChI is InChI=1S/C17H24N2O5/c1-11(10-22-2)18-17(21)12-7-16(20)19(9-12)14-8-13(23-3)5-6-15(14)24-4/h5-6,8,11-12H,7,9-10H2,1-4H3,(H,18,21)/t11-,12+/m0/s1. The van der Waals surface area contributed by atoms with Crippen LogP contribution in [0.5, 0.6) is 11.5 Å². The van der Waals surface area contributed by atoms with E-state index in [0.717, 1.165) is 0 Å². The van der Waals surface area contributed by atoms with Crippen LogP contribution in [0, 0.1) is 5.92 Å². The summed E-state index contributed by atoms with van der Waals surface area (Å²) in [6, 6.07) is 5.15. The van der Waals surface area contributed by atoms with Crippen molar-refractivity contribution in [1.29, 1.82) is 0 Å². The summed E-state index contributed by atoms with van der Waals surface area (Å²) < 4.78 is 15.6. The average molecular weight is 336 g/mol. The van der Waals surface area contributed by atoms with Crippen molar-refractivity contribution in [2.75, 3.05) is 39.4 Å². The Morgan fingerprint density at radius 1 is 1.33 bits per heavy atom. The summed E-state index contributed by atoms with van der Waals surface area (Å²) in [4.78, 5) is 26.3. The monoisotopic (exact) mass is 336 g/mol. The molecule has 1 fully saturated rings. The zero-order chi connectivity index (χ0) is 17.7. The molecule has 2 rings (SSSR count). The minimum absolute atomic E-state index is 0.0991. The molecule has 7 nitrogen and oxygen atoms in total. The Morgan fingerprint density at radius 3 is 2.71 bits per heavy atom. The molecule has 0 bridgehead atoms. The molecule has 2 amide bonds. The van der Waals surface area contributed by atoms with Crippen LogP contribution in [0.25, 0.3) is 0 Å². The molecule has 1 aromatic carbocycles. The van der Waals surface area contributed by atoms with Gasteiger partial charge >= 0.3 is 0 Å². The molecule has 24 heavy (non-hydrogen) atoms. The van der Waals surface area contributed by atoms with Gasteiger partial charge in [0.05, 0.1) is 32.4 Å². The molecule has 1 heterocycles. The number of methoxy groups -OCH3 is 3. The molecule has 0 spiro atoms. The number of rotatable bonds is 7. The van der Waals surface area contributed by atoms with Crippen molar-refractivity contribution in [1.82, 2.24) is 5.32 Å². The van der Waals surface area contributed by atoms with Crippen LogP contribution in [0.2, 0.25) is 0 Å². The van der Waals surface area contributed by atoms with Crippen molar-refractivity contribution in [3.8, 4) is 11.5 Å². The fourth-order valence-electron chi connectivity index (χ4n) is 2.78. The highest BCUT2D eigenvalue weighted by Crippen LogP contribution is 2.36. The van der Waals surface area contributed by atoms with Gasteiger partial charge in [-0.1, -0.05) is 0 Å². The Balaban J connectivity index is 2.14. The Kier molecular flexibility index (Phi) is 6.03. The third-order valence-electron chi connectivity index (χ3n) is 3.98. The molecule has 1 aliphatic rings. The lowest BCUT2D eigenvalue weighted by molar-refractivity contribution is -0.127. The number of nitrogens with one attached hydrogen (secondary N) is 1.